The summed E-state index contributed by atoms with van der Waals surface area (Å²) in [6, 6.07) is 2.45. The average molecular weight is 211 g/mol. The van der Waals surface area contributed by atoms with Crippen LogP contribution in [0.1, 0.15) is 11.6 Å². The number of aromatic hydroxyl groups is 1. The SMILES string of the molecule is NC(CO)c1cc2c(cc1O)OCCO2. The number of hydrogen-bond acceptors (Lipinski definition) is 5. The van der Waals surface area contributed by atoms with Crippen molar-refractivity contribution in [1.29, 1.82) is 0 Å². The van der Waals surface area contributed by atoms with Crippen molar-refractivity contribution in [3.05, 3.63) is 17.7 Å². The van der Waals surface area contributed by atoms with Crippen LogP contribution in [0.25, 0.3) is 0 Å². The molecule has 0 radical (unpaired) electrons. The average Bonchev–Trinajstić information content (AvgIpc) is 2.27. The molecule has 2 rings (SSSR count). The lowest BCUT2D eigenvalue weighted by Crippen LogP contribution is -2.18. The number of nitrogens with two attached hydrogens (primary N) is 1. The molecule has 0 saturated heterocycles. The van der Waals surface area contributed by atoms with Crippen molar-refractivity contribution in [2.45, 2.75) is 6.04 Å². The zero-order valence-electron chi connectivity index (χ0n) is 8.14. The lowest BCUT2D eigenvalue weighted by molar-refractivity contribution is 0.170. The summed E-state index contributed by atoms with van der Waals surface area (Å²) < 4.78 is 10.6. The van der Waals surface area contributed by atoms with E-state index in [9.17, 15) is 5.11 Å². The maximum Gasteiger partial charge on any atom is 0.165 e. The third kappa shape index (κ3) is 1.84. The van der Waals surface area contributed by atoms with E-state index in [1.165, 1.54) is 6.07 Å². The number of hydrogen-bond donors (Lipinski definition) is 3. The van der Waals surface area contributed by atoms with Crippen LogP contribution in [0.4, 0.5) is 0 Å². The number of aliphatic hydroxyl groups excluding tert-OH is 1. The molecule has 0 saturated carbocycles. The summed E-state index contributed by atoms with van der Waals surface area (Å²) in [4.78, 5) is 0. The third-order valence-electron chi connectivity index (χ3n) is 2.29. The molecule has 5 heteroatoms. The Hall–Kier alpha value is -1.46. The smallest absolute Gasteiger partial charge is 0.165 e. The minimum absolute atomic E-state index is 0.0146. The molecule has 0 spiro atoms. The molecule has 0 bridgehead atoms. The maximum absolute atomic E-state index is 9.64. The molecule has 0 aromatic heterocycles. The first-order chi connectivity index (χ1) is 7.22. The number of phenols is 1. The van der Waals surface area contributed by atoms with Crippen LogP contribution in [-0.4, -0.2) is 30.0 Å². The summed E-state index contributed by atoms with van der Waals surface area (Å²) in [7, 11) is 0. The monoisotopic (exact) mass is 211 g/mol. The van der Waals surface area contributed by atoms with E-state index in [0.717, 1.165) is 0 Å². The van der Waals surface area contributed by atoms with Crippen molar-refractivity contribution in [1.82, 2.24) is 0 Å². The molecule has 4 N–H and O–H groups in total. The minimum Gasteiger partial charge on any atom is -0.507 e. The molecule has 0 amide bonds. The molecular weight excluding hydrogens is 198 g/mol. The van der Waals surface area contributed by atoms with Gasteiger partial charge in [0.1, 0.15) is 19.0 Å². The Morgan fingerprint density at radius 1 is 1.27 bits per heavy atom. The minimum atomic E-state index is -0.610. The summed E-state index contributed by atoms with van der Waals surface area (Å²) in [6.07, 6.45) is 0. The van der Waals surface area contributed by atoms with Gasteiger partial charge in [0.2, 0.25) is 0 Å². The second kappa shape index (κ2) is 3.96. The van der Waals surface area contributed by atoms with Crippen molar-refractivity contribution in [3.8, 4) is 17.2 Å². The van der Waals surface area contributed by atoms with Gasteiger partial charge in [-0.2, -0.15) is 0 Å². The molecule has 0 aliphatic carbocycles. The van der Waals surface area contributed by atoms with Gasteiger partial charge in [-0.25, -0.2) is 0 Å². The molecule has 15 heavy (non-hydrogen) atoms. The van der Waals surface area contributed by atoms with Gasteiger partial charge in [0.05, 0.1) is 12.6 Å². The molecule has 1 aliphatic rings. The Morgan fingerprint density at radius 3 is 2.47 bits per heavy atom. The van der Waals surface area contributed by atoms with E-state index >= 15 is 0 Å². The van der Waals surface area contributed by atoms with Crippen LogP contribution < -0.4 is 15.2 Å². The highest BCUT2D eigenvalue weighted by Crippen LogP contribution is 2.37. The lowest BCUT2D eigenvalue weighted by Gasteiger charge is -2.21. The summed E-state index contributed by atoms with van der Waals surface area (Å²) in [6.45, 7) is 0.719. The van der Waals surface area contributed by atoms with Gasteiger partial charge in [0.15, 0.2) is 11.5 Å². The van der Waals surface area contributed by atoms with E-state index in [1.807, 2.05) is 0 Å². The van der Waals surface area contributed by atoms with Crippen molar-refractivity contribution >= 4 is 0 Å². The van der Waals surface area contributed by atoms with E-state index < -0.39 is 6.04 Å². The van der Waals surface area contributed by atoms with Gasteiger partial charge in [0, 0.05) is 11.6 Å². The Bertz CT molecular complexity index is 367. The standard InChI is InChI=1S/C10H13NO4/c11-7(5-12)6-3-9-10(4-8(6)13)15-2-1-14-9/h3-4,7,12-13H,1-2,5,11H2. The van der Waals surface area contributed by atoms with Crippen LogP contribution in [0.15, 0.2) is 12.1 Å². The highest BCUT2D eigenvalue weighted by molar-refractivity contribution is 5.51. The first kappa shape index (κ1) is 10.1. The summed E-state index contributed by atoms with van der Waals surface area (Å²) in [5.41, 5.74) is 6.08. The number of rotatable bonds is 2. The lowest BCUT2D eigenvalue weighted by atomic mass is 10.1. The van der Waals surface area contributed by atoms with E-state index in [-0.39, 0.29) is 12.4 Å². The molecule has 1 aromatic rings. The maximum atomic E-state index is 9.64. The summed E-state index contributed by atoms with van der Waals surface area (Å²) >= 11 is 0. The van der Waals surface area contributed by atoms with Gasteiger partial charge < -0.3 is 25.4 Å². The molecule has 82 valence electrons. The van der Waals surface area contributed by atoms with Gasteiger partial charge in [-0.3, -0.25) is 0 Å². The van der Waals surface area contributed by atoms with Crippen LogP contribution in [0, 0.1) is 0 Å². The molecule has 1 aromatic carbocycles. The van der Waals surface area contributed by atoms with Gasteiger partial charge in [0.25, 0.3) is 0 Å². The van der Waals surface area contributed by atoms with E-state index in [2.05, 4.69) is 0 Å². The van der Waals surface area contributed by atoms with Crippen molar-refractivity contribution in [3.63, 3.8) is 0 Å². The number of phenolic OH excluding ortho intramolecular Hbond substituents is 1. The zero-order valence-corrected chi connectivity index (χ0v) is 8.14. The van der Waals surface area contributed by atoms with Crippen LogP contribution in [0.3, 0.4) is 0 Å². The first-order valence-electron chi connectivity index (χ1n) is 4.71. The van der Waals surface area contributed by atoms with Gasteiger partial charge in [-0.15, -0.1) is 0 Å². The molecule has 1 aliphatic heterocycles. The topological polar surface area (TPSA) is 84.9 Å². The van der Waals surface area contributed by atoms with E-state index in [4.69, 9.17) is 20.3 Å². The molecule has 0 fully saturated rings. The summed E-state index contributed by atoms with van der Waals surface area (Å²) in [5.74, 6) is 1.08. The fraction of sp³-hybridized carbons (Fsp3) is 0.400. The van der Waals surface area contributed by atoms with Gasteiger partial charge >= 0.3 is 0 Å². The predicted molar refractivity (Wildman–Crippen MR) is 53.1 cm³/mol. The highest BCUT2D eigenvalue weighted by Gasteiger charge is 2.18. The molecule has 1 atom stereocenters. The zero-order chi connectivity index (χ0) is 10.8. The Morgan fingerprint density at radius 2 is 1.87 bits per heavy atom. The van der Waals surface area contributed by atoms with E-state index in [1.54, 1.807) is 6.07 Å². The number of benzene rings is 1. The van der Waals surface area contributed by atoms with Crippen LogP contribution in [0.2, 0.25) is 0 Å². The molecular formula is C10H13NO4. The van der Waals surface area contributed by atoms with Crippen LogP contribution in [0.5, 0.6) is 17.2 Å². The molecule has 1 heterocycles. The fourth-order valence-corrected chi connectivity index (χ4v) is 1.49. The number of ether oxygens (including phenoxy) is 2. The second-order valence-corrected chi connectivity index (χ2v) is 3.34. The summed E-state index contributed by atoms with van der Waals surface area (Å²) in [5, 5.41) is 18.5. The van der Waals surface area contributed by atoms with Crippen molar-refractivity contribution in [2.24, 2.45) is 5.73 Å². The Labute approximate surface area is 87.0 Å². The van der Waals surface area contributed by atoms with Crippen LogP contribution >= 0.6 is 0 Å². The normalized spacial score (nSPS) is 16.1. The van der Waals surface area contributed by atoms with Gasteiger partial charge in [-0.1, -0.05) is 0 Å². The quantitative estimate of drug-likeness (QED) is 0.648. The first-order valence-corrected chi connectivity index (χ1v) is 4.71. The van der Waals surface area contributed by atoms with Crippen molar-refractivity contribution in [2.75, 3.05) is 19.8 Å². The van der Waals surface area contributed by atoms with E-state index in [0.29, 0.717) is 30.3 Å². The third-order valence-corrected chi connectivity index (χ3v) is 2.29. The van der Waals surface area contributed by atoms with Crippen molar-refractivity contribution < 1.29 is 19.7 Å². The number of fused-ring (bicyclic) bond motifs is 1. The van der Waals surface area contributed by atoms with Crippen LogP contribution in [-0.2, 0) is 0 Å². The van der Waals surface area contributed by atoms with Gasteiger partial charge in [-0.05, 0) is 6.07 Å². The second-order valence-electron chi connectivity index (χ2n) is 3.34. The Balaban J connectivity index is 2.40. The largest absolute Gasteiger partial charge is 0.507 e. The Kier molecular flexibility index (Phi) is 2.66. The highest BCUT2D eigenvalue weighted by atomic mass is 16.6. The molecule has 1 unspecified atom stereocenters. The number of aliphatic hydroxyl groups is 1. The predicted octanol–water partition coefficient (Wildman–Crippen LogP) is 0.155. The fourth-order valence-electron chi connectivity index (χ4n) is 1.49. The molecule has 5 nitrogen and oxygen atoms in total.